The predicted octanol–water partition coefficient (Wildman–Crippen LogP) is 4.74. The van der Waals surface area contributed by atoms with Crippen LogP contribution in [0.4, 0.5) is 22.1 Å². The van der Waals surface area contributed by atoms with Gasteiger partial charge in [0, 0.05) is 29.4 Å². The van der Waals surface area contributed by atoms with Crippen LogP contribution < -0.4 is 11.1 Å². The minimum atomic E-state index is -0.513. The number of non-ortho nitro benzene ring substituents is 1. The third-order valence-electron chi connectivity index (χ3n) is 4.40. The lowest BCUT2D eigenvalue weighted by Gasteiger charge is -2.03. The molecule has 10 heteroatoms. The van der Waals surface area contributed by atoms with Crippen LogP contribution in [0, 0.1) is 21.4 Å². The van der Waals surface area contributed by atoms with Gasteiger partial charge in [-0.05, 0) is 24.3 Å². The third-order valence-corrected chi connectivity index (χ3v) is 5.52. The first kappa shape index (κ1) is 19.8. The second kappa shape index (κ2) is 8.10. The molecule has 0 fully saturated rings. The highest BCUT2D eigenvalue weighted by molar-refractivity contribution is 7.19. The van der Waals surface area contributed by atoms with E-state index >= 15 is 0 Å². The quantitative estimate of drug-likeness (QED) is 0.253. The van der Waals surface area contributed by atoms with E-state index in [1.54, 1.807) is 0 Å². The van der Waals surface area contributed by atoms with Crippen molar-refractivity contribution < 1.29 is 14.2 Å². The Labute approximate surface area is 179 Å². The summed E-state index contributed by atoms with van der Waals surface area (Å²) in [5.74, 6) is -0.571. The molecule has 0 saturated heterocycles. The van der Waals surface area contributed by atoms with Crippen LogP contribution in [0.15, 0.2) is 65.2 Å². The number of carbonyl (C=O) groups excluding carboxylic acids is 1. The molecule has 0 unspecified atom stereocenters. The second-order valence-corrected chi connectivity index (χ2v) is 7.38. The van der Waals surface area contributed by atoms with E-state index in [2.05, 4.69) is 10.5 Å². The van der Waals surface area contributed by atoms with Crippen molar-refractivity contribution in [2.24, 2.45) is 0 Å². The number of nitrogen functional groups attached to an aromatic ring is 1. The van der Waals surface area contributed by atoms with Crippen LogP contribution in [0.25, 0.3) is 11.3 Å². The minimum Gasteiger partial charge on any atom is -0.396 e. The lowest BCUT2D eigenvalue weighted by atomic mass is 10.1. The van der Waals surface area contributed by atoms with Gasteiger partial charge in [-0.15, -0.1) is 11.3 Å². The summed E-state index contributed by atoms with van der Waals surface area (Å²) in [6.45, 7) is 0. The zero-order chi connectivity index (χ0) is 22.0. The van der Waals surface area contributed by atoms with Crippen molar-refractivity contribution in [1.29, 1.82) is 5.26 Å². The Morgan fingerprint density at radius 2 is 1.90 bits per heavy atom. The van der Waals surface area contributed by atoms with Gasteiger partial charge in [-0.1, -0.05) is 23.4 Å². The number of nitro groups is 1. The van der Waals surface area contributed by atoms with Gasteiger partial charge >= 0.3 is 0 Å². The number of hydrogen-bond acceptors (Lipinski definition) is 9. The number of nitrogens with zero attached hydrogens (tertiary/aromatic N) is 3. The summed E-state index contributed by atoms with van der Waals surface area (Å²) in [6.07, 6.45) is 0. The first-order valence-electron chi connectivity index (χ1n) is 8.88. The van der Waals surface area contributed by atoms with Crippen LogP contribution in [-0.2, 0) is 0 Å². The Morgan fingerprint density at radius 1 is 1.19 bits per heavy atom. The highest BCUT2D eigenvalue weighted by atomic mass is 32.1. The van der Waals surface area contributed by atoms with E-state index < -0.39 is 10.7 Å². The first-order chi connectivity index (χ1) is 15.0. The Morgan fingerprint density at radius 3 is 2.55 bits per heavy atom. The van der Waals surface area contributed by atoms with Crippen molar-refractivity contribution in [2.75, 3.05) is 11.1 Å². The van der Waals surface area contributed by atoms with Gasteiger partial charge in [-0.25, -0.2) is 0 Å². The lowest BCUT2D eigenvalue weighted by molar-refractivity contribution is -0.384. The Bertz CT molecular complexity index is 1320. The van der Waals surface area contributed by atoms with Gasteiger partial charge in [0.25, 0.3) is 5.69 Å². The van der Waals surface area contributed by atoms with Gasteiger partial charge in [-0.2, -0.15) is 5.26 Å². The molecule has 0 amide bonds. The molecule has 9 nitrogen and oxygen atoms in total. The number of nitrogens with one attached hydrogen (secondary N) is 1. The molecule has 0 atom stereocenters. The lowest BCUT2D eigenvalue weighted by Crippen LogP contribution is -2.01. The van der Waals surface area contributed by atoms with E-state index in [0.29, 0.717) is 16.3 Å². The molecular formula is C21H13N5O4S. The number of benzene rings is 2. The summed E-state index contributed by atoms with van der Waals surface area (Å²) >= 11 is 1.05. The Kier molecular flexibility index (Phi) is 5.17. The van der Waals surface area contributed by atoms with E-state index in [-0.39, 0.29) is 27.6 Å². The highest BCUT2D eigenvalue weighted by Crippen LogP contribution is 2.38. The van der Waals surface area contributed by atoms with E-state index in [0.717, 1.165) is 17.0 Å². The number of carbonyl (C=O) groups is 1. The monoisotopic (exact) mass is 431 g/mol. The van der Waals surface area contributed by atoms with Crippen molar-refractivity contribution in [2.45, 2.75) is 0 Å². The van der Waals surface area contributed by atoms with Crippen LogP contribution in [0.5, 0.6) is 0 Å². The molecule has 0 spiro atoms. The second-order valence-electron chi connectivity index (χ2n) is 6.36. The van der Waals surface area contributed by atoms with Gasteiger partial charge in [0.15, 0.2) is 0 Å². The molecule has 3 N–H and O–H groups in total. The van der Waals surface area contributed by atoms with Crippen LogP contribution in [0.1, 0.15) is 21.0 Å². The molecule has 0 aliphatic rings. The largest absolute Gasteiger partial charge is 0.396 e. The molecule has 2 aromatic carbocycles. The van der Waals surface area contributed by atoms with Gasteiger partial charge < -0.3 is 15.6 Å². The number of thiophene rings is 1. The number of para-hydroxylation sites is 1. The number of rotatable bonds is 6. The summed E-state index contributed by atoms with van der Waals surface area (Å²) in [6, 6.07) is 18.3. The average Bonchev–Trinajstić information content (AvgIpc) is 3.39. The van der Waals surface area contributed by atoms with E-state index in [1.807, 2.05) is 36.4 Å². The van der Waals surface area contributed by atoms with Gasteiger partial charge in [-0.3, -0.25) is 14.9 Å². The van der Waals surface area contributed by atoms with Gasteiger partial charge in [0.2, 0.25) is 11.5 Å². The smallest absolute Gasteiger partial charge is 0.269 e. The summed E-state index contributed by atoms with van der Waals surface area (Å²) in [5.41, 5.74) is 7.89. The molecule has 2 heterocycles. The fraction of sp³-hybridized carbons (Fsp3) is 0. The highest BCUT2D eigenvalue weighted by Gasteiger charge is 2.25. The molecule has 4 aromatic rings. The summed E-state index contributed by atoms with van der Waals surface area (Å²) in [4.78, 5) is 23.4. The van der Waals surface area contributed by atoms with E-state index in [4.69, 9.17) is 10.3 Å². The normalized spacial score (nSPS) is 10.4. The number of hydrogen-bond donors (Lipinski definition) is 2. The maximum Gasteiger partial charge on any atom is 0.269 e. The van der Waals surface area contributed by atoms with Crippen LogP contribution >= 0.6 is 11.3 Å². The zero-order valence-electron chi connectivity index (χ0n) is 15.7. The zero-order valence-corrected chi connectivity index (χ0v) is 16.6. The maximum atomic E-state index is 13.0. The summed E-state index contributed by atoms with van der Waals surface area (Å²) in [5, 5.41) is 27.7. The number of ketones is 1. The molecule has 0 saturated carbocycles. The number of anilines is 3. The van der Waals surface area contributed by atoms with Gasteiger partial charge in [0.1, 0.15) is 27.2 Å². The molecule has 2 aromatic heterocycles. The number of aromatic nitrogens is 1. The predicted molar refractivity (Wildman–Crippen MR) is 115 cm³/mol. The molecule has 0 aliphatic heterocycles. The van der Waals surface area contributed by atoms with Gasteiger partial charge in [0.05, 0.1) is 10.6 Å². The standard InChI is InChI=1S/C21H13N5O4S/c22-11-15-18(23)20(31-21(15)24-13-4-2-1-3-5-13)19(27)17-10-16(25-30-17)12-6-8-14(9-7-12)26(28)29/h1-10,24H,23H2. The Balaban J connectivity index is 1.63. The summed E-state index contributed by atoms with van der Waals surface area (Å²) in [7, 11) is 0. The third kappa shape index (κ3) is 3.85. The average molecular weight is 431 g/mol. The van der Waals surface area contributed by atoms with Crippen LogP contribution in [0.2, 0.25) is 0 Å². The SMILES string of the molecule is N#Cc1c(Nc2ccccc2)sc(C(=O)c2cc(-c3ccc([N+](=O)[O-])cc3)no2)c1N. The topological polar surface area (TPSA) is 148 Å². The molecule has 31 heavy (non-hydrogen) atoms. The van der Waals surface area contributed by atoms with Crippen molar-refractivity contribution in [1.82, 2.24) is 5.16 Å². The van der Waals surface area contributed by atoms with E-state index in [1.165, 1.54) is 30.3 Å². The maximum absolute atomic E-state index is 13.0. The first-order valence-corrected chi connectivity index (χ1v) is 9.70. The number of nitrogens with two attached hydrogens (primary N) is 1. The van der Waals surface area contributed by atoms with E-state index in [9.17, 15) is 20.2 Å². The van der Waals surface area contributed by atoms with Crippen molar-refractivity contribution in [3.63, 3.8) is 0 Å². The van der Waals surface area contributed by atoms with Crippen LogP contribution in [0.3, 0.4) is 0 Å². The molecule has 0 bridgehead atoms. The van der Waals surface area contributed by atoms with Crippen LogP contribution in [-0.4, -0.2) is 15.9 Å². The van der Waals surface area contributed by atoms with Crippen molar-refractivity contribution >= 4 is 39.2 Å². The molecule has 4 rings (SSSR count). The minimum absolute atomic E-state index is 0.0580. The molecule has 0 aliphatic carbocycles. The fourth-order valence-corrected chi connectivity index (χ4v) is 3.88. The fourth-order valence-electron chi connectivity index (χ4n) is 2.85. The molecular weight excluding hydrogens is 418 g/mol. The number of nitriles is 1. The molecule has 0 radical (unpaired) electrons. The van der Waals surface area contributed by atoms with Crippen molar-refractivity contribution in [3.8, 4) is 17.3 Å². The van der Waals surface area contributed by atoms with Crippen molar-refractivity contribution in [3.05, 3.63) is 87.0 Å². The Hall–Kier alpha value is -4.49. The molecule has 152 valence electrons. The number of nitro benzene ring substituents is 1. The summed E-state index contributed by atoms with van der Waals surface area (Å²) < 4.78 is 5.18.